The van der Waals surface area contributed by atoms with Crippen molar-refractivity contribution in [3.05, 3.63) is 29.3 Å². The van der Waals surface area contributed by atoms with Crippen LogP contribution in [0.25, 0.3) is 0 Å². The number of nitrogens with one attached hydrogen (secondary N) is 1. The smallest absolute Gasteiger partial charge is 0.261 e. The molecular formula is C15H21N3O3. The summed E-state index contributed by atoms with van der Waals surface area (Å²) in [5.74, 6) is -0.512. The third-order valence-electron chi connectivity index (χ3n) is 3.59. The largest absolute Gasteiger partial charge is 0.383 e. The van der Waals surface area contributed by atoms with E-state index in [4.69, 9.17) is 10.5 Å². The Morgan fingerprint density at radius 1 is 1.29 bits per heavy atom. The predicted octanol–water partition coefficient (Wildman–Crippen LogP) is 1.08. The van der Waals surface area contributed by atoms with Gasteiger partial charge in [-0.25, -0.2) is 0 Å². The standard InChI is InChI=1S/C15H21N3O3/c1-18-14(19)12-6-5-10(8-13(12)15(18)20)17-11(9-21-2)4-3-7-16/h5-6,8,11,17H,3-4,7,9,16H2,1-2H3. The van der Waals surface area contributed by atoms with Crippen molar-refractivity contribution in [3.63, 3.8) is 0 Å². The van der Waals surface area contributed by atoms with E-state index >= 15 is 0 Å². The lowest BCUT2D eigenvalue weighted by molar-refractivity contribution is 0.0693. The molecule has 6 nitrogen and oxygen atoms in total. The van der Waals surface area contributed by atoms with E-state index < -0.39 is 0 Å². The molecule has 1 aliphatic rings. The molecule has 0 radical (unpaired) electrons. The quantitative estimate of drug-likeness (QED) is 0.734. The first-order chi connectivity index (χ1) is 10.1. The Balaban J connectivity index is 2.15. The van der Waals surface area contributed by atoms with E-state index in [1.54, 1.807) is 19.2 Å². The van der Waals surface area contributed by atoms with Crippen molar-refractivity contribution in [2.75, 3.05) is 32.6 Å². The van der Waals surface area contributed by atoms with Crippen LogP contribution in [0.4, 0.5) is 5.69 Å². The fourth-order valence-corrected chi connectivity index (χ4v) is 2.45. The Morgan fingerprint density at radius 2 is 2.00 bits per heavy atom. The molecule has 1 aromatic rings. The van der Waals surface area contributed by atoms with E-state index in [2.05, 4.69) is 5.32 Å². The zero-order valence-corrected chi connectivity index (χ0v) is 12.4. The molecule has 21 heavy (non-hydrogen) atoms. The van der Waals surface area contributed by atoms with Gasteiger partial charge in [0.05, 0.1) is 17.7 Å². The highest BCUT2D eigenvalue weighted by molar-refractivity contribution is 6.21. The number of benzene rings is 1. The maximum atomic E-state index is 12.0. The number of anilines is 1. The van der Waals surface area contributed by atoms with Crippen LogP contribution in [0.1, 0.15) is 33.6 Å². The lowest BCUT2D eigenvalue weighted by atomic mass is 10.1. The van der Waals surface area contributed by atoms with Gasteiger partial charge in [0.15, 0.2) is 0 Å². The Morgan fingerprint density at radius 3 is 2.67 bits per heavy atom. The summed E-state index contributed by atoms with van der Waals surface area (Å²) in [4.78, 5) is 24.9. The highest BCUT2D eigenvalue weighted by atomic mass is 16.5. The second-order valence-corrected chi connectivity index (χ2v) is 5.16. The molecule has 0 spiro atoms. The average molecular weight is 291 g/mol. The molecule has 0 aromatic heterocycles. The van der Waals surface area contributed by atoms with E-state index in [-0.39, 0.29) is 17.9 Å². The van der Waals surface area contributed by atoms with Crippen LogP contribution >= 0.6 is 0 Å². The van der Waals surface area contributed by atoms with E-state index in [1.165, 1.54) is 7.05 Å². The molecule has 2 amide bonds. The number of hydrogen-bond acceptors (Lipinski definition) is 5. The summed E-state index contributed by atoms with van der Waals surface area (Å²) in [7, 11) is 3.14. The molecule has 6 heteroatoms. The lowest BCUT2D eigenvalue weighted by Gasteiger charge is -2.19. The number of nitrogens with zero attached hydrogens (tertiary/aromatic N) is 1. The van der Waals surface area contributed by atoms with Gasteiger partial charge in [0.2, 0.25) is 0 Å². The Bertz CT molecular complexity index is 545. The Labute approximate surface area is 124 Å². The molecule has 1 heterocycles. The minimum atomic E-state index is -0.260. The topological polar surface area (TPSA) is 84.7 Å². The third kappa shape index (κ3) is 3.22. The summed E-state index contributed by atoms with van der Waals surface area (Å²) in [5.41, 5.74) is 7.25. The molecule has 2 rings (SSSR count). The fourth-order valence-electron chi connectivity index (χ4n) is 2.45. The molecule has 0 fully saturated rings. The lowest BCUT2D eigenvalue weighted by Crippen LogP contribution is -2.26. The number of carbonyl (C=O) groups excluding carboxylic acids is 2. The first-order valence-corrected chi connectivity index (χ1v) is 7.00. The van der Waals surface area contributed by atoms with Crippen molar-refractivity contribution >= 4 is 17.5 Å². The molecule has 0 bridgehead atoms. The number of carbonyl (C=O) groups is 2. The summed E-state index contributed by atoms with van der Waals surface area (Å²) in [5, 5.41) is 3.33. The minimum absolute atomic E-state index is 0.126. The average Bonchev–Trinajstić information content (AvgIpc) is 2.70. The zero-order chi connectivity index (χ0) is 15.4. The zero-order valence-electron chi connectivity index (χ0n) is 12.4. The van der Waals surface area contributed by atoms with Gasteiger partial charge in [0.1, 0.15) is 0 Å². The number of methoxy groups -OCH3 is 1. The van der Waals surface area contributed by atoms with Gasteiger partial charge in [-0.1, -0.05) is 0 Å². The van der Waals surface area contributed by atoms with Crippen LogP contribution in [0.5, 0.6) is 0 Å². The third-order valence-corrected chi connectivity index (χ3v) is 3.59. The molecule has 1 atom stereocenters. The number of rotatable bonds is 7. The van der Waals surface area contributed by atoms with E-state index in [0.29, 0.717) is 24.3 Å². The highest BCUT2D eigenvalue weighted by Crippen LogP contribution is 2.25. The molecule has 0 aliphatic carbocycles. The van der Waals surface area contributed by atoms with Crippen molar-refractivity contribution in [3.8, 4) is 0 Å². The van der Waals surface area contributed by atoms with Crippen LogP contribution in [0.15, 0.2) is 18.2 Å². The van der Waals surface area contributed by atoms with Gasteiger partial charge in [0.25, 0.3) is 11.8 Å². The first-order valence-electron chi connectivity index (χ1n) is 7.00. The molecule has 114 valence electrons. The summed E-state index contributed by atoms with van der Waals surface area (Å²) in [6.07, 6.45) is 1.78. The fraction of sp³-hybridized carbons (Fsp3) is 0.467. The normalized spacial score (nSPS) is 15.3. The molecule has 0 saturated heterocycles. The minimum Gasteiger partial charge on any atom is -0.383 e. The van der Waals surface area contributed by atoms with Crippen LogP contribution in [0.3, 0.4) is 0 Å². The molecular weight excluding hydrogens is 270 g/mol. The molecule has 1 unspecified atom stereocenters. The van der Waals surface area contributed by atoms with Crippen molar-refractivity contribution < 1.29 is 14.3 Å². The van der Waals surface area contributed by atoms with Gasteiger partial charge >= 0.3 is 0 Å². The molecule has 3 N–H and O–H groups in total. The molecule has 0 saturated carbocycles. The number of fused-ring (bicyclic) bond motifs is 1. The Kier molecular flexibility index (Phi) is 4.93. The second-order valence-electron chi connectivity index (χ2n) is 5.16. The van der Waals surface area contributed by atoms with E-state index in [1.807, 2.05) is 6.07 Å². The van der Waals surface area contributed by atoms with Gasteiger partial charge in [-0.05, 0) is 37.6 Å². The highest BCUT2D eigenvalue weighted by Gasteiger charge is 2.32. The van der Waals surface area contributed by atoms with Gasteiger partial charge in [-0.2, -0.15) is 0 Å². The van der Waals surface area contributed by atoms with Gasteiger partial charge < -0.3 is 15.8 Å². The van der Waals surface area contributed by atoms with E-state index in [9.17, 15) is 9.59 Å². The summed E-state index contributed by atoms with van der Waals surface area (Å²) in [6, 6.07) is 5.36. The van der Waals surface area contributed by atoms with Gasteiger partial charge in [-0.15, -0.1) is 0 Å². The monoisotopic (exact) mass is 291 g/mol. The van der Waals surface area contributed by atoms with Crippen molar-refractivity contribution in [2.24, 2.45) is 5.73 Å². The van der Waals surface area contributed by atoms with Crippen LogP contribution in [-0.2, 0) is 4.74 Å². The summed E-state index contributed by atoms with van der Waals surface area (Å²) in [6.45, 7) is 1.19. The number of nitrogens with two attached hydrogens (primary N) is 1. The molecule has 1 aliphatic heterocycles. The van der Waals surface area contributed by atoms with Gasteiger partial charge in [-0.3, -0.25) is 14.5 Å². The van der Waals surface area contributed by atoms with Crippen LogP contribution in [0, 0.1) is 0 Å². The van der Waals surface area contributed by atoms with Crippen LogP contribution < -0.4 is 11.1 Å². The molecule has 1 aromatic carbocycles. The summed E-state index contributed by atoms with van der Waals surface area (Å²) < 4.78 is 5.19. The SMILES string of the molecule is COCC(CCCN)Nc1ccc2c(c1)C(=O)N(C)C2=O. The summed E-state index contributed by atoms with van der Waals surface area (Å²) >= 11 is 0. The van der Waals surface area contributed by atoms with Crippen molar-refractivity contribution in [1.82, 2.24) is 4.90 Å². The van der Waals surface area contributed by atoms with E-state index in [0.717, 1.165) is 23.4 Å². The number of hydrogen-bond donors (Lipinski definition) is 2. The number of amides is 2. The van der Waals surface area contributed by atoms with Crippen LogP contribution in [-0.4, -0.2) is 50.1 Å². The first kappa shape index (κ1) is 15.5. The maximum absolute atomic E-state index is 12.0. The number of ether oxygens (including phenoxy) is 1. The van der Waals surface area contributed by atoms with Gasteiger partial charge in [0, 0.05) is 25.9 Å². The number of imide groups is 1. The Hall–Kier alpha value is -1.92. The van der Waals surface area contributed by atoms with Crippen molar-refractivity contribution in [2.45, 2.75) is 18.9 Å². The predicted molar refractivity (Wildman–Crippen MR) is 80.4 cm³/mol. The second kappa shape index (κ2) is 6.69. The maximum Gasteiger partial charge on any atom is 0.261 e. The van der Waals surface area contributed by atoms with Crippen molar-refractivity contribution in [1.29, 1.82) is 0 Å². The van der Waals surface area contributed by atoms with Crippen LogP contribution in [0.2, 0.25) is 0 Å².